The van der Waals surface area contributed by atoms with Crippen molar-refractivity contribution >= 4 is 10.0 Å². The Morgan fingerprint density at radius 2 is 1.80 bits per heavy atom. The van der Waals surface area contributed by atoms with Crippen molar-refractivity contribution in [1.82, 2.24) is 9.62 Å². The molecule has 1 saturated heterocycles. The van der Waals surface area contributed by atoms with Gasteiger partial charge in [-0.3, -0.25) is 0 Å². The van der Waals surface area contributed by atoms with Crippen molar-refractivity contribution in [2.75, 3.05) is 25.9 Å². The summed E-state index contributed by atoms with van der Waals surface area (Å²) in [6.45, 7) is 2.81. The van der Waals surface area contributed by atoms with E-state index in [2.05, 4.69) is 5.32 Å². The zero-order valence-electron chi connectivity index (χ0n) is 9.28. The van der Waals surface area contributed by atoms with E-state index >= 15 is 0 Å². The number of sulfonamides is 1. The largest absolute Gasteiger partial charge is 0.317 e. The van der Waals surface area contributed by atoms with Crippen LogP contribution in [0.15, 0.2) is 0 Å². The fourth-order valence-corrected chi connectivity index (χ4v) is 3.47. The highest BCUT2D eigenvalue weighted by Gasteiger charge is 2.36. The van der Waals surface area contributed by atoms with E-state index in [1.165, 1.54) is 6.26 Å². The SMILES string of the molecule is CS(=O)(=O)N(CC1CCNCC1)C1CC1. The minimum absolute atomic E-state index is 0.315. The van der Waals surface area contributed by atoms with Gasteiger partial charge in [-0.05, 0) is 44.7 Å². The zero-order valence-corrected chi connectivity index (χ0v) is 10.1. The van der Waals surface area contributed by atoms with Crippen LogP contribution < -0.4 is 5.32 Å². The predicted molar refractivity (Wildman–Crippen MR) is 60.2 cm³/mol. The molecule has 15 heavy (non-hydrogen) atoms. The molecule has 2 aliphatic rings. The van der Waals surface area contributed by atoms with Crippen LogP contribution in [0.4, 0.5) is 0 Å². The molecule has 1 aliphatic carbocycles. The fourth-order valence-electron chi connectivity index (χ4n) is 2.24. The van der Waals surface area contributed by atoms with Crippen molar-refractivity contribution in [3.63, 3.8) is 0 Å². The number of nitrogens with zero attached hydrogens (tertiary/aromatic N) is 1. The lowest BCUT2D eigenvalue weighted by Gasteiger charge is -2.28. The molecule has 2 fully saturated rings. The molecule has 0 amide bonds. The van der Waals surface area contributed by atoms with Gasteiger partial charge in [-0.1, -0.05) is 0 Å². The van der Waals surface area contributed by atoms with E-state index in [0.717, 1.165) is 45.3 Å². The minimum Gasteiger partial charge on any atom is -0.317 e. The summed E-state index contributed by atoms with van der Waals surface area (Å²) in [6.07, 6.45) is 5.67. The highest BCUT2D eigenvalue weighted by molar-refractivity contribution is 7.88. The first kappa shape index (κ1) is 11.4. The molecule has 5 heteroatoms. The van der Waals surface area contributed by atoms with E-state index < -0.39 is 10.0 Å². The Kier molecular flexibility index (Phi) is 3.33. The van der Waals surface area contributed by atoms with Crippen molar-refractivity contribution in [2.45, 2.75) is 31.7 Å². The second-order valence-corrected chi connectivity index (χ2v) is 6.69. The first-order chi connectivity index (χ1) is 7.07. The topological polar surface area (TPSA) is 49.4 Å². The van der Waals surface area contributed by atoms with Crippen LogP contribution in [-0.2, 0) is 10.0 Å². The van der Waals surface area contributed by atoms with E-state index in [1.807, 2.05) is 0 Å². The molecule has 1 heterocycles. The summed E-state index contributed by atoms with van der Waals surface area (Å²) in [6, 6.07) is 0.315. The van der Waals surface area contributed by atoms with Gasteiger partial charge < -0.3 is 5.32 Å². The van der Waals surface area contributed by atoms with Gasteiger partial charge in [0.2, 0.25) is 10.0 Å². The normalized spacial score (nSPS) is 24.7. The van der Waals surface area contributed by atoms with Gasteiger partial charge in [0.1, 0.15) is 0 Å². The van der Waals surface area contributed by atoms with Crippen LogP contribution in [0, 0.1) is 5.92 Å². The van der Waals surface area contributed by atoms with E-state index in [0.29, 0.717) is 12.0 Å². The van der Waals surface area contributed by atoms with Crippen LogP contribution in [0.25, 0.3) is 0 Å². The van der Waals surface area contributed by atoms with E-state index in [4.69, 9.17) is 0 Å². The second-order valence-electron chi connectivity index (χ2n) is 4.76. The molecule has 4 nitrogen and oxygen atoms in total. The van der Waals surface area contributed by atoms with Crippen molar-refractivity contribution in [3.05, 3.63) is 0 Å². The molecule has 0 aromatic carbocycles. The van der Waals surface area contributed by atoms with Crippen LogP contribution >= 0.6 is 0 Å². The van der Waals surface area contributed by atoms with Crippen LogP contribution in [-0.4, -0.2) is 44.7 Å². The third-order valence-electron chi connectivity index (χ3n) is 3.28. The summed E-state index contributed by atoms with van der Waals surface area (Å²) in [5, 5.41) is 3.30. The van der Waals surface area contributed by atoms with Crippen LogP contribution in [0.2, 0.25) is 0 Å². The predicted octanol–water partition coefficient (Wildman–Crippen LogP) is 0.410. The molecule has 2 rings (SSSR count). The first-order valence-electron chi connectivity index (χ1n) is 5.75. The Morgan fingerprint density at radius 1 is 1.20 bits per heavy atom. The van der Waals surface area contributed by atoms with Crippen LogP contribution in [0.5, 0.6) is 0 Å². The maximum absolute atomic E-state index is 11.6. The minimum atomic E-state index is -2.99. The number of piperidine rings is 1. The summed E-state index contributed by atoms with van der Waals surface area (Å²) in [5.74, 6) is 0.557. The summed E-state index contributed by atoms with van der Waals surface area (Å²) >= 11 is 0. The first-order valence-corrected chi connectivity index (χ1v) is 7.60. The average molecular weight is 232 g/mol. The lowest BCUT2D eigenvalue weighted by atomic mass is 9.98. The fraction of sp³-hybridized carbons (Fsp3) is 1.00. The summed E-state index contributed by atoms with van der Waals surface area (Å²) in [7, 11) is -2.99. The Morgan fingerprint density at radius 3 is 2.27 bits per heavy atom. The van der Waals surface area contributed by atoms with Gasteiger partial charge in [-0.2, -0.15) is 4.31 Å². The van der Waals surface area contributed by atoms with Gasteiger partial charge in [-0.25, -0.2) is 8.42 Å². The lowest BCUT2D eigenvalue weighted by Crippen LogP contribution is -2.40. The van der Waals surface area contributed by atoms with Gasteiger partial charge in [0.05, 0.1) is 6.26 Å². The molecule has 88 valence electrons. The molecular formula is C10H20N2O2S. The van der Waals surface area contributed by atoms with E-state index in [9.17, 15) is 8.42 Å². The molecular weight excluding hydrogens is 212 g/mol. The average Bonchev–Trinajstić information content (AvgIpc) is 2.97. The van der Waals surface area contributed by atoms with Crippen LogP contribution in [0.3, 0.4) is 0 Å². The zero-order chi connectivity index (χ0) is 10.9. The maximum Gasteiger partial charge on any atom is 0.211 e. The Bertz CT molecular complexity index is 305. The standard InChI is InChI=1S/C10H20N2O2S/c1-15(13,14)12(10-2-3-10)8-9-4-6-11-7-5-9/h9-11H,2-8H2,1H3. The quantitative estimate of drug-likeness (QED) is 0.764. The number of hydrogen-bond acceptors (Lipinski definition) is 3. The third kappa shape index (κ3) is 3.16. The van der Waals surface area contributed by atoms with Gasteiger partial charge in [-0.15, -0.1) is 0 Å². The highest BCUT2D eigenvalue weighted by atomic mass is 32.2. The monoisotopic (exact) mass is 232 g/mol. The Labute approximate surface area is 92.1 Å². The Hall–Kier alpha value is -0.130. The molecule has 0 unspecified atom stereocenters. The van der Waals surface area contributed by atoms with E-state index in [-0.39, 0.29) is 0 Å². The Balaban J connectivity index is 1.94. The van der Waals surface area contributed by atoms with Crippen molar-refractivity contribution in [1.29, 1.82) is 0 Å². The van der Waals surface area contributed by atoms with Gasteiger partial charge in [0.25, 0.3) is 0 Å². The second kappa shape index (κ2) is 4.39. The molecule has 0 aromatic heterocycles. The number of hydrogen-bond donors (Lipinski definition) is 1. The molecule has 0 bridgehead atoms. The highest BCUT2D eigenvalue weighted by Crippen LogP contribution is 2.30. The summed E-state index contributed by atoms with van der Waals surface area (Å²) in [5.41, 5.74) is 0. The molecule has 0 atom stereocenters. The van der Waals surface area contributed by atoms with Gasteiger partial charge in [0, 0.05) is 12.6 Å². The van der Waals surface area contributed by atoms with Gasteiger partial charge in [0.15, 0.2) is 0 Å². The molecule has 0 aromatic rings. The van der Waals surface area contributed by atoms with Crippen LogP contribution in [0.1, 0.15) is 25.7 Å². The lowest BCUT2D eigenvalue weighted by molar-refractivity contribution is 0.284. The number of rotatable bonds is 4. The molecule has 0 radical (unpaired) electrons. The molecule has 0 spiro atoms. The van der Waals surface area contributed by atoms with E-state index in [1.54, 1.807) is 4.31 Å². The summed E-state index contributed by atoms with van der Waals surface area (Å²) in [4.78, 5) is 0. The van der Waals surface area contributed by atoms with Crippen molar-refractivity contribution in [2.24, 2.45) is 5.92 Å². The third-order valence-corrected chi connectivity index (χ3v) is 4.58. The molecule has 1 aliphatic heterocycles. The molecule has 1 N–H and O–H groups in total. The summed E-state index contributed by atoms with van der Waals surface area (Å²) < 4.78 is 24.9. The number of nitrogens with one attached hydrogen (secondary N) is 1. The van der Waals surface area contributed by atoms with Gasteiger partial charge >= 0.3 is 0 Å². The van der Waals surface area contributed by atoms with Crippen molar-refractivity contribution < 1.29 is 8.42 Å². The molecule has 1 saturated carbocycles. The van der Waals surface area contributed by atoms with Crippen molar-refractivity contribution in [3.8, 4) is 0 Å². The maximum atomic E-state index is 11.6. The smallest absolute Gasteiger partial charge is 0.211 e.